The Labute approximate surface area is 123 Å². The molecule has 1 atom stereocenters. The van der Waals surface area contributed by atoms with Gasteiger partial charge in [0.1, 0.15) is 0 Å². The molecule has 0 aliphatic rings. The maximum Gasteiger partial charge on any atom is 0.303 e. The summed E-state index contributed by atoms with van der Waals surface area (Å²) in [6.07, 6.45) is 17.1. The molecule has 0 aromatic heterocycles. The summed E-state index contributed by atoms with van der Waals surface area (Å²) < 4.78 is 0. The Morgan fingerprint density at radius 1 is 0.950 bits per heavy atom. The second-order valence-corrected chi connectivity index (χ2v) is 5.19. The molecule has 0 amide bonds. The van der Waals surface area contributed by atoms with Gasteiger partial charge >= 0.3 is 5.97 Å². The Kier molecular flexibility index (Phi) is 13.5. The molecule has 0 saturated heterocycles. The highest BCUT2D eigenvalue weighted by Crippen LogP contribution is 2.08. The molecule has 0 aromatic carbocycles. The highest BCUT2D eigenvalue weighted by Gasteiger charge is 1.96. The number of carboxylic acid groups (broad SMARTS) is 1. The van der Waals surface area contributed by atoms with Crippen molar-refractivity contribution in [2.75, 3.05) is 0 Å². The molecule has 116 valence electrons. The van der Waals surface area contributed by atoms with Crippen molar-refractivity contribution in [1.82, 2.24) is 0 Å². The normalized spacial score (nSPS) is 13.3. The van der Waals surface area contributed by atoms with Crippen LogP contribution in [0.25, 0.3) is 0 Å². The van der Waals surface area contributed by atoms with Crippen LogP contribution in [0.5, 0.6) is 0 Å². The Bertz CT molecular complexity index is 282. The molecule has 0 aromatic rings. The fraction of sp³-hybridized carbons (Fsp3) is 0.706. The minimum absolute atomic E-state index is 0.288. The third-order valence-electron chi connectivity index (χ3n) is 3.15. The molecule has 0 spiro atoms. The molecular weight excluding hydrogens is 252 g/mol. The van der Waals surface area contributed by atoms with Crippen molar-refractivity contribution >= 4 is 5.97 Å². The third-order valence-corrected chi connectivity index (χ3v) is 3.15. The van der Waals surface area contributed by atoms with Gasteiger partial charge in [0.25, 0.3) is 0 Å². The van der Waals surface area contributed by atoms with Gasteiger partial charge < -0.3 is 10.2 Å². The standard InChI is InChI=1S/C17H30O3/c1-2-3-4-10-13-16(18)14-11-8-6-5-7-9-12-15-17(19)20/h10-11,13-14,16,18H,2-9,12,15H2,1H3,(H,19,20). The quantitative estimate of drug-likeness (QED) is 0.387. The molecular formula is C17H30O3. The van der Waals surface area contributed by atoms with E-state index >= 15 is 0 Å². The summed E-state index contributed by atoms with van der Waals surface area (Å²) in [5.41, 5.74) is 0. The number of hydrogen-bond acceptors (Lipinski definition) is 2. The average Bonchev–Trinajstić information content (AvgIpc) is 2.41. The second kappa shape index (κ2) is 14.3. The topological polar surface area (TPSA) is 57.5 Å². The maximum atomic E-state index is 10.3. The molecule has 0 aliphatic heterocycles. The summed E-state index contributed by atoms with van der Waals surface area (Å²) in [4.78, 5) is 10.3. The van der Waals surface area contributed by atoms with Crippen molar-refractivity contribution in [3.05, 3.63) is 24.3 Å². The van der Waals surface area contributed by atoms with E-state index in [4.69, 9.17) is 5.11 Å². The summed E-state index contributed by atoms with van der Waals surface area (Å²) >= 11 is 0. The first-order valence-electron chi connectivity index (χ1n) is 7.90. The van der Waals surface area contributed by atoms with Crippen LogP contribution in [0.4, 0.5) is 0 Å². The predicted molar refractivity (Wildman–Crippen MR) is 83.8 cm³/mol. The SMILES string of the molecule is CCCCC=CC(O)C=CCCCCCCCC(=O)O. The molecule has 3 heteroatoms. The molecule has 0 heterocycles. The number of hydrogen-bond donors (Lipinski definition) is 2. The van der Waals surface area contributed by atoms with Crippen molar-refractivity contribution in [3.8, 4) is 0 Å². The summed E-state index contributed by atoms with van der Waals surface area (Å²) in [5, 5.41) is 18.1. The monoisotopic (exact) mass is 282 g/mol. The zero-order valence-electron chi connectivity index (χ0n) is 12.8. The predicted octanol–water partition coefficient (Wildman–Crippen LogP) is 4.47. The van der Waals surface area contributed by atoms with E-state index < -0.39 is 12.1 Å². The van der Waals surface area contributed by atoms with Gasteiger partial charge in [-0.3, -0.25) is 4.79 Å². The fourth-order valence-corrected chi connectivity index (χ4v) is 1.93. The lowest BCUT2D eigenvalue weighted by molar-refractivity contribution is -0.137. The fourth-order valence-electron chi connectivity index (χ4n) is 1.93. The second-order valence-electron chi connectivity index (χ2n) is 5.19. The van der Waals surface area contributed by atoms with Crippen LogP contribution in [0.3, 0.4) is 0 Å². The third kappa shape index (κ3) is 15.0. The van der Waals surface area contributed by atoms with Gasteiger partial charge in [0, 0.05) is 6.42 Å². The van der Waals surface area contributed by atoms with Crippen LogP contribution < -0.4 is 0 Å². The number of carboxylic acids is 1. The average molecular weight is 282 g/mol. The molecule has 0 fully saturated rings. The molecule has 0 aliphatic carbocycles. The zero-order valence-corrected chi connectivity index (χ0v) is 12.8. The summed E-state index contributed by atoms with van der Waals surface area (Å²) in [6, 6.07) is 0. The van der Waals surface area contributed by atoms with E-state index in [2.05, 4.69) is 6.92 Å². The number of carbonyl (C=O) groups is 1. The highest BCUT2D eigenvalue weighted by atomic mass is 16.4. The Balaban J connectivity index is 3.38. The largest absolute Gasteiger partial charge is 0.481 e. The van der Waals surface area contributed by atoms with Crippen LogP contribution in [0.2, 0.25) is 0 Å². The Morgan fingerprint density at radius 3 is 2.10 bits per heavy atom. The van der Waals surface area contributed by atoms with Gasteiger partial charge in [-0.1, -0.05) is 63.3 Å². The van der Waals surface area contributed by atoms with Gasteiger partial charge in [-0.15, -0.1) is 0 Å². The van der Waals surface area contributed by atoms with E-state index in [9.17, 15) is 9.90 Å². The number of unbranched alkanes of at least 4 members (excludes halogenated alkanes) is 7. The van der Waals surface area contributed by atoms with Gasteiger partial charge in [0.15, 0.2) is 0 Å². The molecule has 2 N–H and O–H groups in total. The number of aliphatic hydroxyl groups is 1. The van der Waals surface area contributed by atoms with E-state index in [1.807, 2.05) is 24.3 Å². The number of aliphatic hydroxyl groups excluding tert-OH is 1. The lowest BCUT2D eigenvalue weighted by Gasteiger charge is -1.99. The van der Waals surface area contributed by atoms with E-state index in [0.717, 1.165) is 44.9 Å². The van der Waals surface area contributed by atoms with Gasteiger partial charge in [-0.05, 0) is 25.7 Å². The molecule has 0 rings (SSSR count). The van der Waals surface area contributed by atoms with E-state index in [0.29, 0.717) is 0 Å². The molecule has 0 bridgehead atoms. The van der Waals surface area contributed by atoms with Crippen molar-refractivity contribution in [3.63, 3.8) is 0 Å². The van der Waals surface area contributed by atoms with Crippen LogP contribution in [0.15, 0.2) is 24.3 Å². The first-order chi connectivity index (χ1) is 9.66. The van der Waals surface area contributed by atoms with Crippen LogP contribution in [0.1, 0.15) is 71.1 Å². The molecule has 0 radical (unpaired) electrons. The first kappa shape index (κ1) is 18.9. The first-order valence-corrected chi connectivity index (χ1v) is 7.90. The number of allylic oxidation sites excluding steroid dienone is 2. The van der Waals surface area contributed by atoms with E-state index in [-0.39, 0.29) is 6.42 Å². The lowest BCUT2D eigenvalue weighted by atomic mass is 10.1. The van der Waals surface area contributed by atoms with Crippen LogP contribution in [-0.4, -0.2) is 22.3 Å². The van der Waals surface area contributed by atoms with Crippen LogP contribution >= 0.6 is 0 Å². The Hall–Kier alpha value is -1.09. The number of rotatable bonds is 13. The smallest absolute Gasteiger partial charge is 0.303 e. The minimum atomic E-state index is -0.700. The zero-order chi connectivity index (χ0) is 15.1. The van der Waals surface area contributed by atoms with E-state index in [1.165, 1.54) is 12.8 Å². The summed E-state index contributed by atoms with van der Waals surface area (Å²) in [7, 11) is 0. The van der Waals surface area contributed by atoms with Gasteiger partial charge in [-0.2, -0.15) is 0 Å². The van der Waals surface area contributed by atoms with Crippen molar-refractivity contribution in [2.24, 2.45) is 0 Å². The molecule has 3 nitrogen and oxygen atoms in total. The lowest BCUT2D eigenvalue weighted by Crippen LogP contribution is -1.95. The summed E-state index contributed by atoms with van der Waals surface area (Å²) in [5.74, 6) is -0.700. The maximum absolute atomic E-state index is 10.3. The molecule has 1 unspecified atom stereocenters. The van der Waals surface area contributed by atoms with Crippen molar-refractivity contribution in [1.29, 1.82) is 0 Å². The minimum Gasteiger partial charge on any atom is -0.481 e. The Morgan fingerprint density at radius 2 is 1.50 bits per heavy atom. The van der Waals surface area contributed by atoms with Crippen LogP contribution in [-0.2, 0) is 4.79 Å². The highest BCUT2D eigenvalue weighted by molar-refractivity contribution is 5.66. The van der Waals surface area contributed by atoms with Gasteiger partial charge in [0.2, 0.25) is 0 Å². The molecule has 20 heavy (non-hydrogen) atoms. The van der Waals surface area contributed by atoms with E-state index in [1.54, 1.807) is 0 Å². The van der Waals surface area contributed by atoms with Gasteiger partial charge in [-0.25, -0.2) is 0 Å². The molecule has 0 saturated carbocycles. The van der Waals surface area contributed by atoms with Crippen molar-refractivity contribution in [2.45, 2.75) is 77.2 Å². The number of aliphatic carboxylic acids is 1. The van der Waals surface area contributed by atoms with Crippen LogP contribution in [0, 0.1) is 0 Å². The van der Waals surface area contributed by atoms with Gasteiger partial charge in [0.05, 0.1) is 6.10 Å². The summed E-state index contributed by atoms with van der Waals surface area (Å²) in [6.45, 7) is 2.16. The van der Waals surface area contributed by atoms with Crippen molar-refractivity contribution < 1.29 is 15.0 Å².